The quantitative estimate of drug-likeness (QED) is 0.643. The Morgan fingerprint density at radius 2 is 1.83 bits per heavy atom. The molecule has 1 aromatic heterocycles. The van der Waals surface area contributed by atoms with Crippen LogP contribution in [-0.4, -0.2) is 0 Å². The summed E-state index contributed by atoms with van der Waals surface area (Å²) in [6, 6.07) is 17.9. The zero-order chi connectivity index (χ0) is 12.4. The predicted molar refractivity (Wildman–Crippen MR) is 77.6 cm³/mol. The van der Waals surface area contributed by atoms with E-state index in [4.69, 9.17) is 16.3 Å². The maximum Gasteiger partial charge on any atom is 0.122 e. The lowest BCUT2D eigenvalue weighted by atomic mass is 10.2. The average molecular weight is 275 g/mol. The van der Waals surface area contributed by atoms with Crippen LogP contribution in [-0.2, 0) is 6.61 Å². The second kappa shape index (κ2) is 5.01. The Morgan fingerprint density at radius 3 is 2.67 bits per heavy atom. The molecular formula is C15H11ClOS. The smallest absolute Gasteiger partial charge is 0.122 e. The Balaban J connectivity index is 1.79. The van der Waals surface area contributed by atoms with Gasteiger partial charge in [-0.2, -0.15) is 0 Å². The molecule has 3 rings (SSSR count). The first-order valence-electron chi connectivity index (χ1n) is 5.67. The maximum atomic E-state index is 5.97. The predicted octanol–water partition coefficient (Wildman–Crippen LogP) is 5.13. The highest BCUT2D eigenvalue weighted by Gasteiger charge is 2.03. The van der Waals surface area contributed by atoms with Gasteiger partial charge in [-0.05, 0) is 41.8 Å². The lowest BCUT2D eigenvalue weighted by Crippen LogP contribution is -1.91. The van der Waals surface area contributed by atoms with E-state index in [1.54, 1.807) is 11.3 Å². The van der Waals surface area contributed by atoms with Crippen LogP contribution in [0.15, 0.2) is 54.6 Å². The van der Waals surface area contributed by atoms with Gasteiger partial charge in [0.2, 0.25) is 0 Å². The molecule has 0 aliphatic heterocycles. The van der Waals surface area contributed by atoms with Crippen molar-refractivity contribution in [2.45, 2.75) is 6.61 Å². The Bertz CT molecular complexity index is 661. The molecule has 0 aliphatic carbocycles. The van der Waals surface area contributed by atoms with Gasteiger partial charge >= 0.3 is 0 Å². The van der Waals surface area contributed by atoms with Gasteiger partial charge in [-0.25, -0.2) is 0 Å². The van der Waals surface area contributed by atoms with E-state index in [-0.39, 0.29) is 0 Å². The van der Waals surface area contributed by atoms with E-state index in [9.17, 15) is 0 Å². The van der Waals surface area contributed by atoms with E-state index in [0.717, 1.165) is 10.8 Å². The molecule has 0 bridgehead atoms. The second-order valence-corrected chi connectivity index (χ2v) is 5.60. The van der Waals surface area contributed by atoms with Gasteiger partial charge in [0.25, 0.3) is 0 Å². The molecule has 18 heavy (non-hydrogen) atoms. The van der Waals surface area contributed by atoms with Crippen LogP contribution in [0.3, 0.4) is 0 Å². The highest BCUT2D eigenvalue weighted by atomic mass is 35.5. The Kier molecular flexibility index (Phi) is 3.22. The standard InChI is InChI=1S/C15H11ClOS/c16-12-6-7-15-11(8-12)9-14(18-15)10-17-13-4-2-1-3-5-13/h1-9H,10H2. The molecule has 3 aromatic rings. The summed E-state index contributed by atoms with van der Waals surface area (Å²) < 4.78 is 6.97. The van der Waals surface area contributed by atoms with Crippen molar-refractivity contribution in [3.8, 4) is 5.75 Å². The molecule has 2 aromatic carbocycles. The molecule has 3 heteroatoms. The molecule has 0 saturated heterocycles. The van der Waals surface area contributed by atoms with Crippen LogP contribution >= 0.6 is 22.9 Å². The zero-order valence-corrected chi connectivity index (χ0v) is 11.2. The highest BCUT2D eigenvalue weighted by Crippen LogP contribution is 2.28. The van der Waals surface area contributed by atoms with E-state index in [1.807, 2.05) is 48.5 Å². The number of benzene rings is 2. The number of hydrogen-bond acceptors (Lipinski definition) is 2. The van der Waals surface area contributed by atoms with Gasteiger partial charge in [-0.15, -0.1) is 11.3 Å². The lowest BCUT2D eigenvalue weighted by molar-refractivity contribution is 0.310. The van der Waals surface area contributed by atoms with E-state index >= 15 is 0 Å². The van der Waals surface area contributed by atoms with Crippen LogP contribution in [0.5, 0.6) is 5.75 Å². The average Bonchev–Trinajstić information content (AvgIpc) is 2.79. The van der Waals surface area contributed by atoms with Gasteiger partial charge in [-0.3, -0.25) is 0 Å². The summed E-state index contributed by atoms with van der Waals surface area (Å²) in [5.74, 6) is 0.896. The molecule has 1 nitrogen and oxygen atoms in total. The van der Waals surface area contributed by atoms with Gasteiger partial charge in [-0.1, -0.05) is 29.8 Å². The van der Waals surface area contributed by atoms with Crippen LogP contribution < -0.4 is 4.74 Å². The van der Waals surface area contributed by atoms with Gasteiger partial charge in [0.1, 0.15) is 12.4 Å². The maximum absolute atomic E-state index is 5.97. The van der Waals surface area contributed by atoms with E-state index in [2.05, 4.69) is 6.07 Å². The number of fused-ring (bicyclic) bond motifs is 1. The molecule has 0 amide bonds. The number of para-hydroxylation sites is 1. The van der Waals surface area contributed by atoms with Gasteiger partial charge < -0.3 is 4.74 Å². The summed E-state index contributed by atoms with van der Waals surface area (Å²) in [5, 5.41) is 1.95. The van der Waals surface area contributed by atoms with E-state index in [0.29, 0.717) is 6.61 Å². The van der Waals surface area contributed by atoms with Crippen LogP contribution in [0.2, 0.25) is 5.02 Å². The summed E-state index contributed by atoms with van der Waals surface area (Å²) in [4.78, 5) is 1.20. The van der Waals surface area contributed by atoms with Gasteiger partial charge in [0.05, 0.1) is 0 Å². The SMILES string of the molecule is Clc1ccc2sc(COc3ccccc3)cc2c1. The number of ether oxygens (including phenoxy) is 1. The van der Waals surface area contributed by atoms with Crippen molar-refractivity contribution in [3.63, 3.8) is 0 Å². The summed E-state index contributed by atoms with van der Waals surface area (Å²) in [6.45, 7) is 0.598. The lowest BCUT2D eigenvalue weighted by Gasteiger charge is -2.02. The fourth-order valence-electron chi connectivity index (χ4n) is 1.81. The van der Waals surface area contributed by atoms with E-state index in [1.165, 1.54) is 15.0 Å². The van der Waals surface area contributed by atoms with Gasteiger partial charge in [0.15, 0.2) is 0 Å². The zero-order valence-electron chi connectivity index (χ0n) is 9.60. The van der Waals surface area contributed by atoms with Crippen molar-refractivity contribution in [2.75, 3.05) is 0 Å². The third-order valence-electron chi connectivity index (χ3n) is 2.65. The van der Waals surface area contributed by atoms with Crippen LogP contribution in [0.25, 0.3) is 10.1 Å². The number of rotatable bonds is 3. The monoisotopic (exact) mass is 274 g/mol. The first-order valence-corrected chi connectivity index (χ1v) is 6.86. The van der Waals surface area contributed by atoms with Crippen LogP contribution in [0, 0.1) is 0 Å². The molecule has 0 N–H and O–H groups in total. The molecule has 0 fully saturated rings. The largest absolute Gasteiger partial charge is 0.488 e. The van der Waals surface area contributed by atoms with Crippen LogP contribution in [0.1, 0.15) is 4.88 Å². The summed E-state index contributed by atoms with van der Waals surface area (Å²) >= 11 is 7.72. The fourth-order valence-corrected chi connectivity index (χ4v) is 2.95. The number of thiophene rings is 1. The minimum absolute atomic E-state index is 0.598. The molecule has 0 aliphatic rings. The highest BCUT2D eigenvalue weighted by molar-refractivity contribution is 7.19. The molecule has 0 saturated carbocycles. The minimum atomic E-state index is 0.598. The molecule has 90 valence electrons. The van der Waals surface area contributed by atoms with Crippen molar-refractivity contribution in [1.82, 2.24) is 0 Å². The van der Waals surface area contributed by atoms with Crippen molar-refractivity contribution in [2.24, 2.45) is 0 Å². The Morgan fingerprint density at radius 1 is 1.00 bits per heavy atom. The van der Waals surface area contributed by atoms with Crippen LogP contribution in [0.4, 0.5) is 0 Å². The first kappa shape index (κ1) is 11.6. The van der Waals surface area contributed by atoms with Crippen molar-refractivity contribution < 1.29 is 4.74 Å². The van der Waals surface area contributed by atoms with Crippen molar-refractivity contribution in [3.05, 3.63) is 64.5 Å². The molecule has 0 unspecified atom stereocenters. The molecule has 0 atom stereocenters. The summed E-state index contributed by atoms with van der Waals surface area (Å²) in [5.41, 5.74) is 0. The van der Waals surface area contributed by atoms with Crippen molar-refractivity contribution in [1.29, 1.82) is 0 Å². The molecular weight excluding hydrogens is 264 g/mol. The Hall–Kier alpha value is -1.51. The normalized spacial score (nSPS) is 10.7. The molecule has 1 heterocycles. The van der Waals surface area contributed by atoms with Gasteiger partial charge in [0, 0.05) is 14.6 Å². The minimum Gasteiger partial charge on any atom is -0.488 e. The fraction of sp³-hybridized carbons (Fsp3) is 0.0667. The third-order valence-corrected chi connectivity index (χ3v) is 3.98. The van der Waals surface area contributed by atoms with E-state index < -0.39 is 0 Å². The van der Waals surface area contributed by atoms with Crippen molar-refractivity contribution >= 4 is 33.0 Å². The molecule has 0 spiro atoms. The summed E-state index contributed by atoms with van der Waals surface area (Å²) in [7, 11) is 0. The summed E-state index contributed by atoms with van der Waals surface area (Å²) in [6.07, 6.45) is 0. The number of halogens is 1. The molecule has 0 radical (unpaired) electrons. The third kappa shape index (κ3) is 2.50. The second-order valence-electron chi connectivity index (χ2n) is 4.00. The number of hydrogen-bond donors (Lipinski definition) is 0. The Labute approximate surface area is 115 Å². The first-order chi connectivity index (χ1) is 8.81. The topological polar surface area (TPSA) is 9.23 Å².